The molecular weight excluding hydrogens is 287 g/mol. The molecule has 1 atom stereocenters. The van der Waals surface area contributed by atoms with Gasteiger partial charge in [0.25, 0.3) is 0 Å². The van der Waals surface area contributed by atoms with Gasteiger partial charge in [0.05, 0.1) is 0 Å². The van der Waals surface area contributed by atoms with Crippen LogP contribution >= 0.6 is 15.9 Å². The third kappa shape index (κ3) is 12.5. The average Bonchev–Trinajstić information content (AvgIpc) is 2.15. The molecule has 0 aliphatic rings. The number of carbonyl (C=O) groups is 2. The summed E-state index contributed by atoms with van der Waals surface area (Å²) < 4.78 is 0. The van der Waals surface area contributed by atoms with Gasteiger partial charge in [-0.1, -0.05) is 41.6 Å². The summed E-state index contributed by atoms with van der Waals surface area (Å²) in [5.41, 5.74) is 0. The van der Waals surface area contributed by atoms with Crippen LogP contribution in [0.1, 0.15) is 44.9 Å². The monoisotopic (exact) mass is 304 g/mol. The van der Waals surface area contributed by atoms with Gasteiger partial charge < -0.3 is 10.2 Å². The number of alkyl halides is 1. The quantitative estimate of drug-likeness (QED) is 0.388. The van der Waals surface area contributed by atoms with Gasteiger partial charge in [-0.3, -0.25) is 9.59 Å². The number of aliphatic carboxylic acids is 2. The Labute approximate surface area is 126 Å². The van der Waals surface area contributed by atoms with Crippen LogP contribution in [0.15, 0.2) is 0 Å². The molecule has 90 valence electrons. The van der Waals surface area contributed by atoms with E-state index in [9.17, 15) is 9.59 Å². The van der Waals surface area contributed by atoms with Gasteiger partial charge in [-0.15, -0.1) is 0 Å². The van der Waals surface area contributed by atoms with Crippen LogP contribution in [0.3, 0.4) is 0 Å². The Morgan fingerprint density at radius 1 is 1.00 bits per heavy atom. The van der Waals surface area contributed by atoms with Crippen LogP contribution in [0.2, 0.25) is 0 Å². The third-order valence-corrected chi connectivity index (χ3v) is 2.97. The molecule has 0 radical (unpaired) electrons. The number of halogens is 1. The molecule has 0 aromatic carbocycles. The van der Waals surface area contributed by atoms with E-state index in [2.05, 4.69) is 15.9 Å². The van der Waals surface area contributed by atoms with Gasteiger partial charge in [-0.2, -0.15) is 0 Å². The fourth-order valence-electron chi connectivity index (χ4n) is 1.25. The molecule has 0 aliphatic carbocycles. The first-order chi connectivity index (χ1) is 7.04. The van der Waals surface area contributed by atoms with Crippen LogP contribution < -0.4 is 0 Å². The van der Waals surface area contributed by atoms with Gasteiger partial charge in [0.2, 0.25) is 0 Å². The number of rotatable bonds is 9. The van der Waals surface area contributed by atoms with E-state index in [0.717, 1.165) is 25.7 Å². The van der Waals surface area contributed by atoms with Gasteiger partial charge in [0, 0.05) is 6.42 Å². The van der Waals surface area contributed by atoms with Crippen LogP contribution in [0, 0.1) is 0 Å². The molecule has 0 saturated heterocycles. The summed E-state index contributed by atoms with van der Waals surface area (Å²) in [5, 5.41) is 17.0. The molecule has 0 fully saturated rings. The molecule has 0 saturated carbocycles. The van der Waals surface area contributed by atoms with Crippen LogP contribution in [0.4, 0.5) is 0 Å². The van der Waals surface area contributed by atoms with E-state index in [1.54, 1.807) is 0 Å². The molecule has 0 heterocycles. The van der Waals surface area contributed by atoms with Gasteiger partial charge in [-0.25, -0.2) is 0 Å². The van der Waals surface area contributed by atoms with Crippen molar-refractivity contribution < 1.29 is 19.8 Å². The summed E-state index contributed by atoms with van der Waals surface area (Å²) in [6.45, 7) is 0. The zero-order chi connectivity index (χ0) is 11.7. The molecular formula is C10H18BrNaO4. The molecule has 0 amide bonds. The normalized spacial score (nSPS) is 11.6. The average molecular weight is 305 g/mol. The van der Waals surface area contributed by atoms with E-state index in [1.807, 2.05) is 0 Å². The summed E-state index contributed by atoms with van der Waals surface area (Å²) in [7, 11) is 0. The Hall–Kier alpha value is 0.420. The fraction of sp³-hybridized carbons (Fsp3) is 0.800. The summed E-state index contributed by atoms with van der Waals surface area (Å²) in [4.78, 5) is 20.2. The molecule has 6 heteroatoms. The van der Waals surface area contributed by atoms with Crippen molar-refractivity contribution >= 4 is 57.4 Å². The van der Waals surface area contributed by atoms with Crippen LogP contribution in [-0.2, 0) is 9.59 Å². The van der Waals surface area contributed by atoms with Crippen LogP contribution in [0.25, 0.3) is 0 Å². The number of unbranched alkanes of at least 4 members (excludes halogenated alkanes) is 4. The second kappa shape index (κ2) is 11.9. The first kappa shape index (κ1) is 18.8. The summed E-state index contributed by atoms with van der Waals surface area (Å²) in [5.74, 6) is -1.57. The molecule has 16 heavy (non-hydrogen) atoms. The second-order valence-electron chi connectivity index (χ2n) is 3.51. The Balaban J connectivity index is 0. The number of hydrogen-bond acceptors (Lipinski definition) is 2. The Bertz CT molecular complexity index is 211. The van der Waals surface area contributed by atoms with Crippen molar-refractivity contribution in [3.05, 3.63) is 0 Å². The van der Waals surface area contributed by atoms with Gasteiger partial charge in [0.15, 0.2) is 0 Å². The fourth-order valence-corrected chi connectivity index (χ4v) is 1.58. The van der Waals surface area contributed by atoms with Gasteiger partial charge in [-0.05, 0) is 12.8 Å². The van der Waals surface area contributed by atoms with Crippen molar-refractivity contribution in [2.45, 2.75) is 49.8 Å². The van der Waals surface area contributed by atoms with Crippen LogP contribution in [-0.4, -0.2) is 56.5 Å². The van der Waals surface area contributed by atoms with E-state index in [-0.39, 0.29) is 36.0 Å². The predicted molar refractivity (Wildman–Crippen MR) is 67.5 cm³/mol. The van der Waals surface area contributed by atoms with E-state index in [1.165, 1.54) is 0 Å². The van der Waals surface area contributed by atoms with Crippen LogP contribution in [0.5, 0.6) is 0 Å². The van der Waals surface area contributed by atoms with Crippen molar-refractivity contribution in [1.82, 2.24) is 0 Å². The molecule has 4 nitrogen and oxygen atoms in total. The van der Waals surface area contributed by atoms with E-state index < -0.39 is 16.8 Å². The van der Waals surface area contributed by atoms with Crippen molar-refractivity contribution in [2.24, 2.45) is 0 Å². The number of carboxylic acids is 2. The first-order valence-corrected chi connectivity index (χ1v) is 6.04. The molecule has 0 bridgehead atoms. The maximum atomic E-state index is 10.4. The molecule has 1 unspecified atom stereocenters. The minimum atomic E-state index is -0.819. The Morgan fingerprint density at radius 3 is 2.00 bits per heavy atom. The van der Waals surface area contributed by atoms with Gasteiger partial charge in [0.1, 0.15) is 4.83 Å². The summed E-state index contributed by atoms with van der Waals surface area (Å²) >= 11 is 3.07. The maximum absolute atomic E-state index is 10.4. The molecule has 0 aromatic rings. The third-order valence-electron chi connectivity index (χ3n) is 2.12. The van der Waals surface area contributed by atoms with Gasteiger partial charge >= 0.3 is 41.5 Å². The molecule has 0 aliphatic heterocycles. The topological polar surface area (TPSA) is 74.6 Å². The summed E-state index contributed by atoms with van der Waals surface area (Å²) in [6, 6.07) is 0. The van der Waals surface area contributed by atoms with Crippen molar-refractivity contribution in [3.63, 3.8) is 0 Å². The molecule has 0 aromatic heterocycles. The van der Waals surface area contributed by atoms with E-state index >= 15 is 0 Å². The van der Waals surface area contributed by atoms with Crippen molar-refractivity contribution in [3.8, 4) is 0 Å². The molecule has 0 spiro atoms. The first-order valence-electron chi connectivity index (χ1n) is 5.12. The second-order valence-corrected chi connectivity index (χ2v) is 4.61. The van der Waals surface area contributed by atoms with Crippen molar-refractivity contribution in [2.75, 3.05) is 0 Å². The standard InChI is InChI=1S/C10H17BrO4.Na.H/c11-8(10(14)15)6-4-2-1-3-5-7-9(12)13;;/h8H,1-7H2,(H,12,13)(H,14,15);;. The predicted octanol–water partition coefficient (Wildman–Crippen LogP) is 2.00. The van der Waals surface area contributed by atoms with E-state index in [4.69, 9.17) is 10.2 Å². The zero-order valence-electron chi connectivity index (χ0n) is 8.62. The Kier molecular flexibility index (Phi) is 14.0. The van der Waals surface area contributed by atoms with Crippen molar-refractivity contribution in [1.29, 1.82) is 0 Å². The molecule has 2 N–H and O–H groups in total. The number of carboxylic acid groups (broad SMARTS) is 2. The number of hydrogen-bond donors (Lipinski definition) is 2. The SMILES string of the molecule is O=C(O)CCCCCCCC(Br)C(=O)O.[NaH]. The summed E-state index contributed by atoms with van der Waals surface area (Å²) in [6.07, 6.45) is 5.31. The zero-order valence-corrected chi connectivity index (χ0v) is 10.2. The minimum absolute atomic E-state index is 0. The Morgan fingerprint density at radius 2 is 1.50 bits per heavy atom. The van der Waals surface area contributed by atoms with E-state index in [0.29, 0.717) is 12.8 Å². The molecule has 0 rings (SSSR count).